The molecule has 1 saturated heterocycles. The normalized spacial score (nSPS) is 40.9. The monoisotopic (exact) mass is 122 g/mol. The minimum Gasteiger partial charge on any atom is -0.250 e. The van der Waals surface area contributed by atoms with Gasteiger partial charge in [-0.25, -0.2) is 10.9 Å². The van der Waals surface area contributed by atoms with E-state index in [1.807, 2.05) is 0 Å². The van der Waals surface area contributed by atoms with Crippen LogP contribution in [0.2, 0.25) is 0 Å². The Morgan fingerprint density at radius 3 is 3.44 bits per heavy atom. The molecule has 2 nitrogen and oxygen atoms in total. The minimum absolute atomic E-state index is 0.513. The summed E-state index contributed by atoms with van der Waals surface area (Å²) >= 11 is 0. The van der Waals surface area contributed by atoms with Gasteiger partial charge in [0.2, 0.25) is 0 Å². The maximum Gasteiger partial charge on any atom is 0.0804 e. The molecule has 1 aliphatic carbocycles. The lowest BCUT2D eigenvalue weighted by atomic mass is 9.92. The van der Waals surface area contributed by atoms with E-state index in [1.165, 1.54) is 12.8 Å². The largest absolute Gasteiger partial charge is 0.250 e. The smallest absolute Gasteiger partial charge is 0.0804 e. The Morgan fingerprint density at radius 1 is 1.56 bits per heavy atom. The number of hydrogen-bond donors (Lipinski definition) is 2. The first-order valence-electron chi connectivity index (χ1n) is 3.39. The Labute approximate surface area is 55.3 Å². The van der Waals surface area contributed by atoms with Crippen molar-refractivity contribution in [2.45, 2.75) is 18.9 Å². The highest BCUT2D eigenvalue weighted by Crippen LogP contribution is 2.22. The summed E-state index contributed by atoms with van der Waals surface area (Å²) in [4.78, 5) is 0. The van der Waals surface area contributed by atoms with Crippen molar-refractivity contribution in [1.29, 1.82) is 0 Å². The fourth-order valence-electron chi connectivity index (χ4n) is 1.36. The van der Waals surface area contributed by atoms with Gasteiger partial charge in [-0.1, -0.05) is 12.2 Å². The second-order valence-corrected chi connectivity index (χ2v) is 2.55. The summed E-state index contributed by atoms with van der Waals surface area (Å²) in [5, 5.41) is 0. The Balaban J connectivity index is 2.10. The molecule has 48 valence electrons. The zero-order chi connectivity index (χ0) is 6.10. The van der Waals surface area contributed by atoms with E-state index in [0.717, 1.165) is 0 Å². The van der Waals surface area contributed by atoms with Crippen LogP contribution in [0, 0.1) is 12.5 Å². The Hall–Kier alpha value is -0.340. The van der Waals surface area contributed by atoms with Gasteiger partial charge in [-0.2, -0.15) is 0 Å². The van der Waals surface area contributed by atoms with E-state index >= 15 is 0 Å². The number of fused-ring (bicyclic) bond motifs is 1. The van der Waals surface area contributed by atoms with Gasteiger partial charge < -0.3 is 0 Å². The standard InChI is InChI=1S/C7H10N2/c1-2-4-7-6(3-1)5-8-9-7/h2,4,6-9H,1,3H2. The molecule has 0 aromatic carbocycles. The molecule has 2 N–H and O–H groups in total. The lowest BCUT2D eigenvalue weighted by molar-refractivity contribution is 0.495. The number of hydrogen-bond acceptors (Lipinski definition) is 2. The van der Waals surface area contributed by atoms with Gasteiger partial charge in [-0.3, -0.25) is 0 Å². The summed E-state index contributed by atoms with van der Waals surface area (Å²) in [6.07, 6.45) is 6.88. The highest BCUT2D eigenvalue weighted by Gasteiger charge is 2.26. The molecule has 0 aromatic rings. The number of hydrazine groups is 1. The van der Waals surface area contributed by atoms with Crippen LogP contribution in [-0.4, -0.2) is 6.04 Å². The van der Waals surface area contributed by atoms with Crippen molar-refractivity contribution in [3.63, 3.8) is 0 Å². The molecule has 0 bridgehead atoms. The van der Waals surface area contributed by atoms with Crippen molar-refractivity contribution in [2.75, 3.05) is 0 Å². The Kier molecular flexibility index (Phi) is 1.28. The first-order valence-corrected chi connectivity index (χ1v) is 3.39. The second-order valence-electron chi connectivity index (χ2n) is 2.55. The van der Waals surface area contributed by atoms with Crippen molar-refractivity contribution in [3.05, 3.63) is 18.7 Å². The van der Waals surface area contributed by atoms with E-state index in [2.05, 4.69) is 29.5 Å². The first-order chi connectivity index (χ1) is 4.47. The van der Waals surface area contributed by atoms with E-state index in [0.29, 0.717) is 12.0 Å². The van der Waals surface area contributed by atoms with Gasteiger partial charge in [0, 0.05) is 12.0 Å². The van der Waals surface area contributed by atoms with Gasteiger partial charge in [0.15, 0.2) is 0 Å². The predicted molar refractivity (Wildman–Crippen MR) is 35.2 cm³/mol. The SMILES string of the molecule is [C]1NNC2C=CCCC12. The molecular weight excluding hydrogens is 112 g/mol. The quantitative estimate of drug-likeness (QED) is 0.456. The highest BCUT2D eigenvalue weighted by atomic mass is 15.4. The van der Waals surface area contributed by atoms with E-state index in [-0.39, 0.29) is 0 Å². The summed E-state index contributed by atoms with van der Waals surface area (Å²) in [5.41, 5.74) is 6.02. The van der Waals surface area contributed by atoms with Gasteiger partial charge >= 0.3 is 0 Å². The van der Waals surface area contributed by atoms with Crippen molar-refractivity contribution in [1.82, 2.24) is 10.9 Å². The lowest BCUT2D eigenvalue weighted by Gasteiger charge is -2.16. The van der Waals surface area contributed by atoms with Crippen LogP contribution in [0.5, 0.6) is 0 Å². The summed E-state index contributed by atoms with van der Waals surface area (Å²) < 4.78 is 0. The zero-order valence-electron chi connectivity index (χ0n) is 5.22. The molecular formula is C7H10N2. The van der Waals surface area contributed by atoms with Crippen molar-refractivity contribution in [2.24, 2.45) is 5.92 Å². The Morgan fingerprint density at radius 2 is 2.56 bits per heavy atom. The summed E-state index contributed by atoms with van der Waals surface area (Å²) in [6.45, 7) is 3.15. The van der Waals surface area contributed by atoms with Gasteiger partial charge in [0.25, 0.3) is 0 Å². The number of allylic oxidation sites excluding steroid dienone is 1. The van der Waals surface area contributed by atoms with Crippen LogP contribution >= 0.6 is 0 Å². The molecule has 2 radical (unpaired) electrons. The fraction of sp³-hybridized carbons (Fsp3) is 0.571. The number of nitrogens with one attached hydrogen (secondary N) is 2. The van der Waals surface area contributed by atoms with Crippen LogP contribution in [0.25, 0.3) is 0 Å². The maximum atomic E-state index is 3.15. The van der Waals surface area contributed by atoms with Gasteiger partial charge in [-0.05, 0) is 12.8 Å². The van der Waals surface area contributed by atoms with Crippen molar-refractivity contribution in [3.8, 4) is 0 Å². The third-order valence-corrected chi connectivity index (χ3v) is 1.92. The topological polar surface area (TPSA) is 24.1 Å². The van der Waals surface area contributed by atoms with Gasteiger partial charge in [0.05, 0.1) is 6.54 Å². The van der Waals surface area contributed by atoms with E-state index in [4.69, 9.17) is 0 Å². The summed E-state index contributed by atoms with van der Waals surface area (Å²) in [6, 6.07) is 0.513. The molecule has 9 heavy (non-hydrogen) atoms. The third kappa shape index (κ3) is 0.884. The summed E-state index contributed by atoms with van der Waals surface area (Å²) in [7, 11) is 0. The van der Waals surface area contributed by atoms with Crippen LogP contribution in [0.4, 0.5) is 0 Å². The van der Waals surface area contributed by atoms with Crippen LogP contribution < -0.4 is 10.9 Å². The van der Waals surface area contributed by atoms with Crippen LogP contribution in [0.15, 0.2) is 12.2 Å². The molecule has 0 saturated carbocycles. The molecule has 2 aliphatic rings. The van der Waals surface area contributed by atoms with E-state index < -0.39 is 0 Å². The molecule has 0 aromatic heterocycles. The van der Waals surface area contributed by atoms with Crippen LogP contribution in [0.1, 0.15) is 12.8 Å². The van der Waals surface area contributed by atoms with Gasteiger partial charge in [0.1, 0.15) is 0 Å². The average Bonchev–Trinajstić information content (AvgIpc) is 2.33. The van der Waals surface area contributed by atoms with Crippen LogP contribution in [-0.2, 0) is 0 Å². The predicted octanol–water partition coefficient (Wildman–Crippen LogP) is 0.468. The molecule has 0 amide bonds. The molecule has 2 unspecified atom stereocenters. The number of rotatable bonds is 0. The molecule has 1 heterocycles. The molecule has 2 heteroatoms. The van der Waals surface area contributed by atoms with Gasteiger partial charge in [-0.15, -0.1) is 0 Å². The highest BCUT2D eigenvalue weighted by molar-refractivity contribution is 5.07. The van der Waals surface area contributed by atoms with Crippen molar-refractivity contribution < 1.29 is 0 Å². The average molecular weight is 122 g/mol. The van der Waals surface area contributed by atoms with Crippen LogP contribution in [0.3, 0.4) is 0 Å². The zero-order valence-corrected chi connectivity index (χ0v) is 5.22. The minimum atomic E-state index is 0.513. The van der Waals surface area contributed by atoms with E-state index in [9.17, 15) is 0 Å². The molecule has 0 spiro atoms. The molecule has 1 aliphatic heterocycles. The lowest BCUT2D eigenvalue weighted by Crippen LogP contribution is -2.30. The third-order valence-electron chi connectivity index (χ3n) is 1.92. The van der Waals surface area contributed by atoms with Crippen molar-refractivity contribution >= 4 is 0 Å². The summed E-state index contributed by atoms with van der Waals surface area (Å²) in [5.74, 6) is 0.606. The fourth-order valence-corrected chi connectivity index (χ4v) is 1.36. The second kappa shape index (κ2) is 2.12. The Bertz CT molecular complexity index is 131. The first kappa shape index (κ1) is 5.45. The molecule has 1 fully saturated rings. The molecule has 2 atom stereocenters. The molecule has 2 rings (SSSR count). The van der Waals surface area contributed by atoms with E-state index in [1.54, 1.807) is 0 Å². The maximum absolute atomic E-state index is 3.15.